The van der Waals surface area contributed by atoms with Crippen LogP contribution in [0.3, 0.4) is 0 Å². The molecule has 1 heterocycles. The molecule has 1 saturated carbocycles. The van der Waals surface area contributed by atoms with E-state index in [0.717, 1.165) is 50.8 Å². The number of Topliss-reactive ketones (excluding diaryl/α,β-unsaturated/α-hetero) is 1. The van der Waals surface area contributed by atoms with Crippen LogP contribution in [0.2, 0.25) is 0 Å². The molecule has 2 N–H and O–H groups in total. The minimum Gasteiger partial charge on any atom is -0.379 e. The van der Waals surface area contributed by atoms with Crippen LogP contribution in [-0.2, 0) is 25.7 Å². The molecular formula is C30H40N2O4. The number of unbranched alkanes of at least 4 members (excludes halogenated alkanes) is 3. The van der Waals surface area contributed by atoms with E-state index < -0.39 is 0 Å². The molecule has 1 saturated heterocycles. The van der Waals surface area contributed by atoms with Crippen molar-refractivity contribution in [1.82, 2.24) is 4.90 Å². The maximum Gasteiger partial charge on any atom is 0.217 e. The van der Waals surface area contributed by atoms with Crippen LogP contribution >= 0.6 is 0 Å². The van der Waals surface area contributed by atoms with Gasteiger partial charge >= 0.3 is 0 Å². The summed E-state index contributed by atoms with van der Waals surface area (Å²) in [6, 6.07) is 17.0. The summed E-state index contributed by atoms with van der Waals surface area (Å²) < 4.78 is 12.0. The second-order valence-electron chi connectivity index (χ2n) is 10.3. The molecule has 0 spiro atoms. The van der Waals surface area contributed by atoms with E-state index in [9.17, 15) is 9.59 Å². The number of hydrogen-bond donors (Lipinski definition) is 1. The monoisotopic (exact) mass is 492 g/mol. The van der Waals surface area contributed by atoms with Gasteiger partial charge in [-0.2, -0.15) is 0 Å². The predicted molar refractivity (Wildman–Crippen MR) is 141 cm³/mol. The van der Waals surface area contributed by atoms with Crippen LogP contribution in [0.4, 0.5) is 0 Å². The Hall–Kier alpha value is -2.54. The van der Waals surface area contributed by atoms with Crippen LogP contribution in [-0.4, -0.2) is 55.0 Å². The Kier molecular flexibility index (Phi) is 9.67. The predicted octanol–water partition coefficient (Wildman–Crippen LogP) is 4.66. The van der Waals surface area contributed by atoms with Gasteiger partial charge in [0.05, 0.1) is 32.0 Å². The molecule has 1 aliphatic heterocycles. The average Bonchev–Trinajstić information content (AvgIpc) is 3.20. The third-order valence-corrected chi connectivity index (χ3v) is 7.57. The fraction of sp³-hybridized carbons (Fsp3) is 0.533. The number of rotatable bonds is 12. The zero-order valence-electron chi connectivity index (χ0n) is 21.5. The Morgan fingerprint density at radius 3 is 2.28 bits per heavy atom. The number of aryl methyl sites for hydroxylation is 1. The minimum absolute atomic E-state index is 0.0623. The molecular weight excluding hydrogens is 452 g/mol. The topological polar surface area (TPSA) is 81.9 Å². The summed E-state index contributed by atoms with van der Waals surface area (Å²) in [7, 11) is 0. The molecule has 6 heteroatoms. The van der Waals surface area contributed by atoms with E-state index in [0.29, 0.717) is 38.4 Å². The molecule has 194 valence electrons. The van der Waals surface area contributed by atoms with Crippen LogP contribution in [0.5, 0.6) is 0 Å². The molecule has 2 fully saturated rings. The Morgan fingerprint density at radius 2 is 1.61 bits per heavy atom. The maximum atomic E-state index is 13.1. The third-order valence-electron chi connectivity index (χ3n) is 7.57. The first-order chi connectivity index (χ1) is 17.5. The van der Waals surface area contributed by atoms with Gasteiger partial charge in [0.2, 0.25) is 5.91 Å². The lowest BCUT2D eigenvalue weighted by Gasteiger charge is -2.35. The number of carbonyl (C=O) groups excluding carboxylic acids is 2. The highest BCUT2D eigenvalue weighted by Gasteiger charge is 2.45. The molecule has 2 aromatic carbocycles. The standard InChI is InChI=1S/C30H40N2O4/c1-22-8-12-24(13-9-22)25-14-10-23(11-15-25)21-36-28-20-27(33)30(32-16-18-35-19-17-32)26(28)6-4-2-3-5-7-29(31)34/h8-15,26,28,30H,2-7,16-21H2,1H3,(H2,31,34)/t26-,28-,30+/m0/s1. The molecule has 4 rings (SSSR count). The molecule has 2 aliphatic rings. The van der Waals surface area contributed by atoms with Crippen molar-refractivity contribution in [1.29, 1.82) is 0 Å². The lowest BCUT2D eigenvalue weighted by molar-refractivity contribution is -0.124. The number of primary amides is 1. The highest BCUT2D eigenvalue weighted by Crippen LogP contribution is 2.35. The SMILES string of the molecule is Cc1ccc(-c2ccc(CO[C@H]3CC(=O)[C@H](N4CCOCC4)[C@H]3CCCCCCC(N)=O)cc2)cc1. The second-order valence-corrected chi connectivity index (χ2v) is 10.3. The highest BCUT2D eigenvalue weighted by atomic mass is 16.5. The van der Waals surface area contributed by atoms with Crippen LogP contribution in [0.15, 0.2) is 48.5 Å². The molecule has 6 nitrogen and oxygen atoms in total. The van der Waals surface area contributed by atoms with E-state index in [1.807, 2.05) is 0 Å². The number of morpholine rings is 1. The molecule has 1 amide bonds. The molecule has 0 radical (unpaired) electrons. The van der Waals surface area contributed by atoms with Gasteiger partial charge in [-0.25, -0.2) is 0 Å². The van der Waals surface area contributed by atoms with Gasteiger partial charge in [0.25, 0.3) is 0 Å². The van der Waals surface area contributed by atoms with E-state index in [1.165, 1.54) is 16.7 Å². The molecule has 0 aromatic heterocycles. The van der Waals surface area contributed by atoms with Crippen molar-refractivity contribution >= 4 is 11.7 Å². The molecule has 2 aromatic rings. The fourth-order valence-electron chi connectivity index (χ4n) is 5.54. The number of carbonyl (C=O) groups is 2. The molecule has 0 bridgehead atoms. The average molecular weight is 493 g/mol. The first-order valence-electron chi connectivity index (χ1n) is 13.4. The number of nitrogens with two attached hydrogens (primary N) is 1. The number of benzene rings is 2. The van der Waals surface area contributed by atoms with Crippen molar-refractivity contribution in [2.24, 2.45) is 11.7 Å². The summed E-state index contributed by atoms with van der Waals surface area (Å²) in [4.78, 5) is 26.4. The summed E-state index contributed by atoms with van der Waals surface area (Å²) in [5.74, 6) is 0.262. The molecule has 1 aliphatic carbocycles. The van der Waals surface area contributed by atoms with Crippen LogP contribution in [0.25, 0.3) is 11.1 Å². The van der Waals surface area contributed by atoms with E-state index in [1.54, 1.807) is 0 Å². The maximum absolute atomic E-state index is 13.1. The largest absolute Gasteiger partial charge is 0.379 e. The summed E-state index contributed by atoms with van der Waals surface area (Å²) >= 11 is 0. The van der Waals surface area contributed by atoms with Crippen molar-refractivity contribution in [2.75, 3.05) is 26.3 Å². The van der Waals surface area contributed by atoms with Gasteiger partial charge in [0, 0.05) is 31.8 Å². The highest BCUT2D eigenvalue weighted by molar-refractivity contribution is 5.87. The first kappa shape index (κ1) is 26.5. The van der Waals surface area contributed by atoms with Gasteiger partial charge in [-0.1, -0.05) is 73.4 Å². The second kappa shape index (κ2) is 13.1. The smallest absolute Gasteiger partial charge is 0.217 e. The number of hydrogen-bond acceptors (Lipinski definition) is 5. The molecule has 36 heavy (non-hydrogen) atoms. The summed E-state index contributed by atoms with van der Waals surface area (Å²) in [6.07, 6.45) is 5.73. The molecule has 3 atom stereocenters. The minimum atomic E-state index is -0.232. The van der Waals surface area contributed by atoms with Crippen LogP contribution < -0.4 is 5.73 Å². The van der Waals surface area contributed by atoms with E-state index >= 15 is 0 Å². The van der Waals surface area contributed by atoms with Gasteiger partial charge in [-0.3, -0.25) is 14.5 Å². The summed E-state index contributed by atoms with van der Waals surface area (Å²) in [6.45, 7) is 5.58. The van der Waals surface area contributed by atoms with Crippen LogP contribution in [0, 0.1) is 12.8 Å². The van der Waals surface area contributed by atoms with Crippen molar-refractivity contribution in [3.8, 4) is 11.1 Å². The number of amides is 1. The van der Waals surface area contributed by atoms with Crippen molar-refractivity contribution in [3.05, 3.63) is 59.7 Å². The summed E-state index contributed by atoms with van der Waals surface area (Å²) in [5, 5.41) is 0. The zero-order valence-corrected chi connectivity index (χ0v) is 21.5. The van der Waals surface area contributed by atoms with Crippen molar-refractivity contribution in [2.45, 2.75) is 70.6 Å². The Balaban J connectivity index is 1.35. The third kappa shape index (κ3) is 7.25. The lowest BCUT2D eigenvalue weighted by atomic mass is 9.92. The van der Waals surface area contributed by atoms with Gasteiger partial charge in [-0.15, -0.1) is 0 Å². The van der Waals surface area contributed by atoms with Crippen LogP contribution in [0.1, 0.15) is 56.1 Å². The zero-order chi connectivity index (χ0) is 25.3. The van der Waals surface area contributed by atoms with E-state index in [-0.39, 0.29) is 24.0 Å². The summed E-state index contributed by atoms with van der Waals surface area (Å²) in [5.41, 5.74) is 10.0. The number of nitrogens with zero attached hydrogens (tertiary/aromatic N) is 1. The normalized spacial score (nSPS) is 22.7. The van der Waals surface area contributed by atoms with Gasteiger partial charge < -0.3 is 15.2 Å². The van der Waals surface area contributed by atoms with Gasteiger partial charge in [-0.05, 0) is 36.5 Å². The number of ketones is 1. The van der Waals surface area contributed by atoms with Crippen molar-refractivity contribution < 1.29 is 19.1 Å². The molecule has 0 unspecified atom stereocenters. The number of ether oxygens (including phenoxy) is 2. The van der Waals surface area contributed by atoms with Crippen molar-refractivity contribution in [3.63, 3.8) is 0 Å². The Bertz CT molecular complexity index is 983. The van der Waals surface area contributed by atoms with Gasteiger partial charge in [0.15, 0.2) is 5.78 Å². The van der Waals surface area contributed by atoms with E-state index in [4.69, 9.17) is 15.2 Å². The Labute approximate surface area is 215 Å². The quantitative estimate of drug-likeness (QED) is 0.436. The fourth-order valence-corrected chi connectivity index (χ4v) is 5.54. The lowest BCUT2D eigenvalue weighted by Crippen LogP contribution is -2.49. The van der Waals surface area contributed by atoms with Gasteiger partial charge in [0.1, 0.15) is 0 Å². The van der Waals surface area contributed by atoms with E-state index in [2.05, 4.69) is 60.4 Å². The first-order valence-corrected chi connectivity index (χ1v) is 13.4. The Morgan fingerprint density at radius 1 is 0.972 bits per heavy atom.